The van der Waals surface area contributed by atoms with Crippen molar-refractivity contribution in [1.29, 1.82) is 0 Å². The first-order valence-corrected chi connectivity index (χ1v) is 7.21. The molecular weight excluding hydrogens is 212 g/mol. The standard InChI is InChI=1S/C14H26N2O/c1-4-9-16-13(11-7-5-6-8-11)15-12(10(2)3)14(16)17/h10-13,15H,4-9H2,1-3H3. The van der Waals surface area contributed by atoms with Crippen LogP contribution in [0.15, 0.2) is 0 Å². The highest BCUT2D eigenvalue weighted by Crippen LogP contribution is 2.33. The van der Waals surface area contributed by atoms with Crippen LogP contribution in [0.5, 0.6) is 0 Å². The first-order valence-electron chi connectivity index (χ1n) is 7.21. The van der Waals surface area contributed by atoms with Gasteiger partial charge in [-0.3, -0.25) is 10.1 Å². The van der Waals surface area contributed by atoms with Crippen LogP contribution in [-0.2, 0) is 4.79 Å². The van der Waals surface area contributed by atoms with Gasteiger partial charge in [-0.1, -0.05) is 33.6 Å². The highest BCUT2D eigenvalue weighted by Gasteiger charge is 2.43. The van der Waals surface area contributed by atoms with Gasteiger partial charge in [0.05, 0.1) is 12.2 Å². The van der Waals surface area contributed by atoms with Crippen LogP contribution in [0.4, 0.5) is 0 Å². The molecule has 2 aliphatic rings. The highest BCUT2D eigenvalue weighted by molar-refractivity contribution is 5.84. The second-order valence-electron chi connectivity index (χ2n) is 5.91. The van der Waals surface area contributed by atoms with Crippen LogP contribution in [0, 0.1) is 11.8 Å². The summed E-state index contributed by atoms with van der Waals surface area (Å²) in [5.41, 5.74) is 0. The lowest BCUT2D eigenvalue weighted by molar-refractivity contribution is -0.131. The SMILES string of the molecule is CCCN1C(=O)C(C(C)C)NC1C1CCCC1. The van der Waals surface area contributed by atoms with E-state index < -0.39 is 0 Å². The van der Waals surface area contributed by atoms with Crippen molar-refractivity contribution in [3.8, 4) is 0 Å². The maximum atomic E-state index is 12.4. The third-order valence-corrected chi connectivity index (χ3v) is 4.21. The van der Waals surface area contributed by atoms with Crippen molar-refractivity contribution in [2.45, 2.75) is 65.1 Å². The summed E-state index contributed by atoms with van der Waals surface area (Å²) in [5, 5.41) is 3.59. The normalized spacial score (nSPS) is 30.8. The Morgan fingerprint density at radius 3 is 2.53 bits per heavy atom. The number of rotatable bonds is 4. The maximum Gasteiger partial charge on any atom is 0.241 e. The van der Waals surface area contributed by atoms with Gasteiger partial charge in [-0.15, -0.1) is 0 Å². The molecule has 2 atom stereocenters. The summed E-state index contributed by atoms with van der Waals surface area (Å²) in [5.74, 6) is 1.42. The van der Waals surface area contributed by atoms with Gasteiger partial charge in [0.25, 0.3) is 0 Å². The van der Waals surface area contributed by atoms with Gasteiger partial charge in [-0.2, -0.15) is 0 Å². The van der Waals surface area contributed by atoms with Crippen molar-refractivity contribution in [2.75, 3.05) is 6.54 Å². The molecule has 1 heterocycles. The number of carbonyl (C=O) groups excluding carboxylic acids is 1. The molecule has 0 aromatic carbocycles. The quantitative estimate of drug-likeness (QED) is 0.815. The lowest BCUT2D eigenvalue weighted by Gasteiger charge is -2.28. The Balaban J connectivity index is 2.09. The largest absolute Gasteiger partial charge is 0.326 e. The van der Waals surface area contributed by atoms with E-state index in [-0.39, 0.29) is 6.04 Å². The molecular formula is C14H26N2O. The minimum absolute atomic E-state index is 0.0483. The highest BCUT2D eigenvalue weighted by atomic mass is 16.2. The fourth-order valence-corrected chi connectivity index (χ4v) is 3.29. The summed E-state index contributed by atoms with van der Waals surface area (Å²) in [6, 6.07) is 0.0483. The van der Waals surface area contributed by atoms with Crippen molar-refractivity contribution >= 4 is 5.91 Å². The zero-order valence-electron chi connectivity index (χ0n) is 11.4. The van der Waals surface area contributed by atoms with E-state index in [4.69, 9.17) is 0 Å². The molecule has 3 heteroatoms. The maximum absolute atomic E-state index is 12.4. The Kier molecular flexibility index (Phi) is 4.08. The molecule has 1 amide bonds. The third kappa shape index (κ3) is 2.49. The number of hydrogen-bond acceptors (Lipinski definition) is 2. The van der Waals surface area contributed by atoms with Crippen molar-refractivity contribution in [3.63, 3.8) is 0 Å². The van der Waals surface area contributed by atoms with Gasteiger partial charge in [0.1, 0.15) is 0 Å². The molecule has 1 aliphatic carbocycles. The molecule has 0 bridgehead atoms. The molecule has 2 rings (SSSR count). The first-order chi connectivity index (χ1) is 8.15. The van der Waals surface area contributed by atoms with Gasteiger partial charge in [0, 0.05) is 6.54 Å². The van der Waals surface area contributed by atoms with Gasteiger partial charge in [-0.25, -0.2) is 0 Å². The Morgan fingerprint density at radius 1 is 1.35 bits per heavy atom. The molecule has 0 radical (unpaired) electrons. The smallest absolute Gasteiger partial charge is 0.241 e. The van der Waals surface area contributed by atoms with Crippen LogP contribution in [0.2, 0.25) is 0 Å². The molecule has 3 nitrogen and oxygen atoms in total. The molecule has 0 aromatic heterocycles. The molecule has 98 valence electrons. The number of amides is 1. The molecule has 2 fully saturated rings. The summed E-state index contributed by atoms with van der Waals surface area (Å²) in [7, 11) is 0. The van der Waals surface area contributed by atoms with E-state index in [0.29, 0.717) is 23.9 Å². The van der Waals surface area contributed by atoms with Crippen LogP contribution in [-0.4, -0.2) is 29.6 Å². The summed E-state index contributed by atoms with van der Waals surface area (Å²) in [6.45, 7) is 7.34. The zero-order valence-corrected chi connectivity index (χ0v) is 11.4. The second-order valence-corrected chi connectivity index (χ2v) is 5.91. The molecule has 17 heavy (non-hydrogen) atoms. The zero-order chi connectivity index (χ0) is 12.4. The molecule has 2 unspecified atom stereocenters. The fraction of sp³-hybridized carbons (Fsp3) is 0.929. The first kappa shape index (κ1) is 12.9. The Bertz CT molecular complexity index is 271. The molecule has 1 N–H and O–H groups in total. The summed E-state index contributed by atoms with van der Waals surface area (Å²) in [6.07, 6.45) is 6.62. The van der Waals surface area contributed by atoms with Gasteiger partial charge in [0.15, 0.2) is 0 Å². The summed E-state index contributed by atoms with van der Waals surface area (Å²) < 4.78 is 0. The van der Waals surface area contributed by atoms with Crippen molar-refractivity contribution in [2.24, 2.45) is 11.8 Å². The van der Waals surface area contributed by atoms with Gasteiger partial charge in [0.2, 0.25) is 5.91 Å². The van der Waals surface area contributed by atoms with E-state index in [2.05, 4.69) is 31.0 Å². The fourth-order valence-electron chi connectivity index (χ4n) is 3.29. The average Bonchev–Trinajstić information content (AvgIpc) is 2.88. The summed E-state index contributed by atoms with van der Waals surface area (Å²) in [4.78, 5) is 14.5. The molecule has 0 aromatic rings. The van der Waals surface area contributed by atoms with Gasteiger partial charge < -0.3 is 4.90 Å². The van der Waals surface area contributed by atoms with Crippen LogP contribution in [0.1, 0.15) is 52.9 Å². The van der Waals surface area contributed by atoms with Crippen molar-refractivity contribution in [1.82, 2.24) is 10.2 Å². The average molecular weight is 238 g/mol. The topological polar surface area (TPSA) is 32.3 Å². The minimum atomic E-state index is 0.0483. The van der Waals surface area contributed by atoms with E-state index in [1.165, 1.54) is 25.7 Å². The number of nitrogens with zero attached hydrogens (tertiary/aromatic N) is 1. The molecule has 1 saturated heterocycles. The van der Waals surface area contributed by atoms with Gasteiger partial charge >= 0.3 is 0 Å². The third-order valence-electron chi connectivity index (χ3n) is 4.21. The predicted molar refractivity (Wildman–Crippen MR) is 69.5 cm³/mol. The second kappa shape index (κ2) is 5.38. The Hall–Kier alpha value is -0.570. The number of hydrogen-bond donors (Lipinski definition) is 1. The van der Waals surface area contributed by atoms with Crippen molar-refractivity contribution in [3.05, 3.63) is 0 Å². The van der Waals surface area contributed by atoms with Crippen LogP contribution < -0.4 is 5.32 Å². The molecule has 0 spiro atoms. The van der Waals surface area contributed by atoms with E-state index in [1.54, 1.807) is 0 Å². The molecule has 1 aliphatic heterocycles. The van der Waals surface area contributed by atoms with Crippen LogP contribution in [0.3, 0.4) is 0 Å². The Morgan fingerprint density at radius 2 is 2.00 bits per heavy atom. The Labute approximate surface area is 105 Å². The van der Waals surface area contributed by atoms with E-state index in [1.807, 2.05) is 0 Å². The van der Waals surface area contributed by atoms with E-state index in [0.717, 1.165) is 13.0 Å². The predicted octanol–water partition coefficient (Wildman–Crippen LogP) is 2.37. The molecule has 1 saturated carbocycles. The van der Waals surface area contributed by atoms with E-state index >= 15 is 0 Å². The minimum Gasteiger partial charge on any atom is -0.326 e. The number of carbonyl (C=O) groups is 1. The number of nitrogens with one attached hydrogen (secondary N) is 1. The van der Waals surface area contributed by atoms with E-state index in [9.17, 15) is 4.79 Å². The van der Waals surface area contributed by atoms with Gasteiger partial charge in [-0.05, 0) is 31.1 Å². The van der Waals surface area contributed by atoms with Crippen molar-refractivity contribution < 1.29 is 4.79 Å². The summed E-state index contributed by atoms with van der Waals surface area (Å²) >= 11 is 0. The monoisotopic (exact) mass is 238 g/mol. The van der Waals surface area contributed by atoms with Crippen LogP contribution >= 0.6 is 0 Å². The van der Waals surface area contributed by atoms with Crippen LogP contribution in [0.25, 0.3) is 0 Å². The lowest BCUT2D eigenvalue weighted by atomic mass is 10.0. The lowest BCUT2D eigenvalue weighted by Crippen LogP contribution is -2.43.